The molecule has 0 saturated carbocycles. The van der Waals surface area contributed by atoms with Gasteiger partial charge in [0.2, 0.25) is 5.91 Å². The Balaban J connectivity index is 2.14. The summed E-state index contributed by atoms with van der Waals surface area (Å²) in [7, 11) is 1.59. The number of methoxy groups -OCH3 is 1. The van der Waals surface area contributed by atoms with E-state index < -0.39 is 0 Å². The number of aliphatic hydroxyl groups is 1. The van der Waals surface area contributed by atoms with Gasteiger partial charge in [0.05, 0.1) is 13.7 Å². The van der Waals surface area contributed by atoms with Gasteiger partial charge in [-0.3, -0.25) is 4.79 Å². The molecular weight excluding hydrogens is 298 g/mol. The third kappa shape index (κ3) is 4.51. The largest absolute Gasteiger partial charge is 0.497 e. The highest BCUT2D eigenvalue weighted by molar-refractivity contribution is 8.00. The van der Waals surface area contributed by atoms with Gasteiger partial charge < -0.3 is 15.2 Å². The van der Waals surface area contributed by atoms with Crippen molar-refractivity contribution >= 4 is 23.4 Å². The zero-order valence-corrected chi connectivity index (χ0v) is 13.2. The summed E-state index contributed by atoms with van der Waals surface area (Å²) >= 11 is 1.42. The molecule has 22 heavy (non-hydrogen) atoms. The van der Waals surface area contributed by atoms with E-state index in [0.717, 1.165) is 5.56 Å². The van der Waals surface area contributed by atoms with E-state index in [0.29, 0.717) is 17.2 Å². The van der Waals surface area contributed by atoms with Gasteiger partial charge in [-0.2, -0.15) is 0 Å². The summed E-state index contributed by atoms with van der Waals surface area (Å²) in [5.41, 5.74) is 1.61. The smallest absolute Gasteiger partial charge is 0.241 e. The molecule has 0 aliphatic carbocycles. The van der Waals surface area contributed by atoms with Crippen LogP contribution in [0.1, 0.15) is 10.8 Å². The number of hydrogen-bond donors (Lipinski definition) is 2. The van der Waals surface area contributed by atoms with Crippen LogP contribution in [0.15, 0.2) is 54.6 Å². The van der Waals surface area contributed by atoms with E-state index >= 15 is 0 Å². The van der Waals surface area contributed by atoms with E-state index in [1.165, 1.54) is 11.8 Å². The molecule has 116 valence electrons. The number of aliphatic hydroxyl groups excluding tert-OH is 1. The fourth-order valence-electron chi connectivity index (χ4n) is 2.03. The van der Waals surface area contributed by atoms with Crippen LogP contribution in [-0.4, -0.2) is 30.5 Å². The molecule has 1 amide bonds. The highest BCUT2D eigenvalue weighted by Crippen LogP contribution is 2.30. The number of thioether (sulfide) groups is 1. The minimum Gasteiger partial charge on any atom is -0.497 e. The molecule has 1 unspecified atom stereocenters. The highest BCUT2D eigenvalue weighted by atomic mass is 32.2. The molecule has 2 rings (SSSR count). The third-order valence-electron chi connectivity index (χ3n) is 3.05. The minimum absolute atomic E-state index is 0.0421. The molecule has 2 aromatic rings. The number of benzene rings is 2. The average Bonchev–Trinajstić information content (AvgIpc) is 2.56. The molecule has 0 bridgehead atoms. The Kier molecular flexibility index (Phi) is 6.30. The van der Waals surface area contributed by atoms with Crippen molar-refractivity contribution in [3.05, 3.63) is 60.2 Å². The summed E-state index contributed by atoms with van der Waals surface area (Å²) in [6, 6.07) is 16.8. The predicted molar refractivity (Wildman–Crippen MR) is 90.4 cm³/mol. The molecule has 0 aromatic heterocycles. The predicted octanol–water partition coefficient (Wildman–Crippen LogP) is 3.10. The molecule has 5 heteroatoms. The van der Waals surface area contributed by atoms with E-state index in [4.69, 9.17) is 9.84 Å². The van der Waals surface area contributed by atoms with Crippen LogP contribution in [0.5, 0.6) is 5.75 Å². The van der Waals surface area contributed by atoms with Crippen molar-refractivity contribution in [1.29, 1.82) is 0 Å². The zero-order valence-electron chi connectivity index (χ0n) is 12.4. The molecule has 0 fully saturated rings. The van der Waals surface area contributed by atoms with Crippen molar-refractivity contribution in [3.8, 4) is 5.75 Å². The molecule has 0 aliphatic heterocycles. The second-order valence-corrected chi connectivity index (χ2v) is 5.82. The lowest BCUT2D eigenvalue weighted by atomic mass is 10.1. The Hall–Kier alpha value is -1.98. The molecule has 0 spiro atoms. The normalized spacial score (nSPS) is 11.7. The van der Waals surface area contributed by atoms with Crippen LogP contribution in [0.3, 0.4) is 0 Å². The number of nitrogens with one attached hydrogen (secondary N) is 1. The van der Waals surface area contributed by atoms with Crippen LogP contribution < -0.4 is 10.1 Å². The Morgan fingerprint density at radius 3 is 2.68 bits per heavy atom. The fraction of sp³-hybridized carbons (Fsp3) is 0.235. The van der Waals surface area contributed by atoms with Gasteiger partial charge in [-0.25, -0.2) is 0 Å². The number of ether oxygens (including phenoxy) is 1. The first kappa shape index (κ1) is 16.4. The van der Waals surface area contributed by atoms with Crippen LogP contribution in [0, 0.1) is 0 Å². The topological polar surface area (TPSA) is 58.6 Å². The average molecular weight is 317 g/mol. The van der Waals surface area contributed by atoms with Crippen LogP contribution in [0.4, 0.5) is 5.69 Å². The molecular formula is C17H19NO3S. The van der Waals surface area contributed by atoms with Crippen LogP contribution in [0.25, 0.3) is 0 Å². The molecule has 1 atom stereocenters. The SMILES string of the molecule is COc1cccc(NC(=O)C(SCCO)c2ccccc2)c1. The first-order valence-corrected chi connectivity index (χ1v) is 8.02. The number of rotatable bonds is 7. The molecule has 2 N–H and O–H groups in total. The number of anilines is 1. The Morgan fingerprint density at radius 2 is 2.00 bits per heavy atom. The Bertz CT molecular complexity index is 604. The lowest BCUT2D eigenvalue weighted by Crippen LogP contribution is -2.19. The number of carbonyl (C=O) groups is 1. The maximum atomic E-state index is 12.6. The maximum absolute atomic E-state index is 12.6. The summed E-state index contributed by atoms with van der Waals surface area (Å²) in [4.78, 5) is 12.6. The zero-order chi connectivity index (χ0) is 15.8. The molecule has 2 aromatic carbocycles. The third-order valence-corrected chi connectivity index (χ3v) is 4.29. The van der Waals surface area contributed by atoms with E-state index in [2.05, 4.69) is 5.32 Å². The minimum atomic E-state index is -0.362. The molecule has 0 aliphatic rings. The molecule has 0 heterocycles. The molecule has 4 nitrogen and oxygen atoms in total. The maximum Gasteiger partial charge on any atom is 0.241 e. The Labute approximate surface area is 134 Å². The van der Waals surface area contributed by atoms with Crippen molar-refractivity contribution in [2.75, 3.05) is 24.8 Å². The number of amides is 1. The fourth-order valence-corrected chi connectivity index (χ4v) is 2.93. The van der Waals surface area contributed by atoms with Gasteiger partial charge in [0.15, 0.2) is 0 Å². The van der Waals surface area contributed by atoms with Crippen LogP contribution in [0.2, 0.25) is 0 Å². The lowest BCUT2D eigenvalue weighted by Gasteiger charge is -2.17. The Morgan fingerprint density at radius 1 is 1.23 bits per heavy atom. The molecule has 0 saturated heterocycles. The van der Waals surface area contributed by atoms with Gasteiger partial charge >= 0.3 is 0 Å². The quantitative estimate of drug-likeness (QED) is 0.824. The summed E-state index contributed by atoms with van der Waals surface area (Å²) in [6.07, 6.45) is 0. The number of hydrogen-bond acceptors (Lipinski definition) is 4. The summed E-state index contributed by atoms with van der Waals surface area (Å²) < 4.78 is 5.16. The van der Waals surface area contributed by atoms with Crippen molar-refractivity contribution < 1.29 is 14.6 Å². The summed E-state index contributed by atoms with van der Waals surface area (Å²) in [5.74, 6) is 1.08. The van der Waals surface area contributed by atoms with E-state index in [1.54, 1.807) is 13.2 Å². The monoisotopic (exact) mass is 317 g/mol. The van der Waals surface area contributed by atoms with Crippen molar-refractivity contribution in [2.24, 2.45) is 0 Å². The van der Waals surface area contributed by atoms with Crippen molar-refractivity contribution in [3.63, 3.8) is 0 Å². The summed E-state index contributed by atoms with van der Waals surface area (Å²) in [5, 5.41) is 11.6. The van der Waals surface area contributed by atoms with E-state index in [-0.39, 0.29) is 17.8 Å². The lowest BCUT2D eigenvalue weighted by molar-refractivity contribution is -0.115. The van der Waals surface area contributed by atoms with Gasteiger partial charge in [0.1, 0.15) is 11.0 Å². The van der Waals surface area contributed by atoms with E-state index in [1.807, 2.05) is 48.5 Å². The van der Waals surface area contributed by atoms with Crippen molar-refractivity contribution in [2.45, 2.75) is 5.25 Å². The van der Waals surface area contributed by atoms with Gasteiger partial charge in [0, 0.05) is 17.5 Å². The number of carbonyl (C=O) groups excluding carboxylic acids is 1. The standard InChI is InChI=1S/C17H19NO3S/c1-21-15-9-5-8-14(12-15)18-17(20)16(22-11-10-19)13-6-3-2-4-7-13/h2-9,12,16,19H,10-11H2,1H3,(H,18,20). The van der Waals surface area contributed by atoms with Gasteiger partial charge in [-0.05, 0) is 17.7 Å². The first-order chi connectivity index (χ1) is 10.7. The van der Waals surface area contributed by atoms with Gasteiger partial charge in [-0.1, -0.05) is 36.4 Å². The van der Waals surface area contributed by atoms with Gasteiger partial charge in [-0.15, -0.1) is 11.8 Å². The second kappa shape index (κ2) is 8.46. The van der Waals surface area contributed by atoms with Gasteiger partial charge in [0.25, 0.3) is 0 Å². The highest BCUT2D eigenvalue weighted by Gasteiger charge is 2.21. The first-order valence-electron chi connectivity index (χ1n) is 6.97. The van der Waals surface area contributed by atoms with Crippen LogP contribution >= 0.6 is 11.8 Å². The summed E-state index contributed by atoms with van der Waals surface area (Å²) in [6.45, 7) is 0.0421. The van der Waals surface area contributed by atoms with E-state index in [9.17, 15) is 4.79 Å². The van der Waals surface area contributed by atoms with Crippen LogP contribution in [-0.2, 0) is 4.79 Å². The van der Waals surface area contributed by atoms with Crippen molar-refractivity contribution in [1.82, 2.24) is 0 Å². The second-order valence-electron chi connectivity index (χ2n) is 4.61. The molecule has 0 radical (unpaired) electrons.